The summed E-state index contributed by atoms with van der Waals surface area (Å²) < 4.78 is 2.05. The number of anilines is 2. The van der Waals surface area contributed by atoms with Crippen molar-refractivity contribution >= 4 is 55.8 Å². The van der Waals surface area contributed by atoms with Crippen LogP contribution in [-0.4, -0.2) is 36.0 Å². The molecule has 2 N–H and O–H groups in total. The van der Waals surface area contributed by atoms with Crippen molar-refractivity contribution in [2.45, 2.75) is 46.7 Å². The minimum Gasteiger partial charge on any atom is -0.354 e. The van der Waals surface area contributed by atoms with Crippen molar-refractivity contribution in [1.82, 2.24) is 10.2 Å². The van der Waals surface area contributed by atoms with Crippen LogP contribution in [0.1, 0.15) is 43.6 Å². The summed E-state index contributed by atoms with van der Waals surface area (Å²) in [5.41, 5.74) is 3.55. The Hall–Kier alpha value is -1.12. The van der Waals surface area contributed by atoms with E-state index in [4.69, 9.17) is 0 Å². The van der Waals surface area contributed by atoms with Gasteiger partial charge in [-0.15, -0.1) is 0 Å². The summed E-state index contributed by atoms with van der Waals surface area (Å²) in [4.78, 5) is 15.2. The first kappa shape index (κ1) is 23.2. The number of hydrogen-bond acceptors (Lipinski definition) is 3. The highest BCUT2D eigenvalue weighted by molar-refractivity contribution is 14.1. The highest BCUT2D eigenvalue weighted by atomic mass is 127. The lowest BCUT2D eigenvalue weighted by Crippen LogP contribution is -2.42. The smallest absolute Gasteiger partial charge is 0.253 e. The topological polar surface area (TPSA) is 44.4 Å². The van der Waals surface area contributed by atoms with Crippen molar-refractivity contribution in [2.24, 2.45) is 0 Å². The molecule has 2 aromatic carbocycles. The Morgan fingerprint density at radius 2 is 1.82 bits per heavy atom. The Kier molecular flexibility index (Phi) is 8.77. The molecule has 0 saturated carbocycles. The first-order chi connectivity index (χ1) is 13.2. The molecule has 0 aliphatic heterocycles. The van der Waals surface area contributed by atoms with Gasteiger partial charge >= 0.3 is 0 Å². The van der Waals surface area contributed by atoms with E-state index >= 15 is 0 Å². The maximum atomic E-state index is 12.9. The lowest BCUT2D eigenvalue weighted by molar-refractivity contribution is 0.0940. The molecule has 0 heterocycles. The summed E-state index contributed by atoms with van der Waals surface area (Å²) in [5.74, 6) is -0.0700. The molecule has 0 aliphatic carbocycles. The maximum absolute atomic E-state index is 12.9. The lowest BCUT2D eigenvalue weighted by Gasteiger charge is -2.30. The minimum atomic E-state index is -0.0700. The molecule has 0 saturated heterocycles. The summed E-state index contributed by atoms with van der Waals surface area (Å²) in [5, 5.41) is 6.51. The molecule has 0 aliphatic rings. The second-order valence-corrected chi connectivity index (χ2v) is 9.53. The molecule has 0 spiro atoms. The summed E-state index contributed by atoms with van der Waals surface area (Å²) in [6, 6.07) is 12.8. The second kappa shape index (κ2) is 10.6. The van der Waals surface area contributed by atoms with E-state index in [0.29, 0.717) is 24.2 Å². The van der Waals surface area contributed by atoms with Crippen LogP contribution in [0.5, 0.6) is 0 Å². The number of halogens is 2. The van der Waals surface area contributed by atoms with Crippen LogP contribution in [0.3, 0.4) is 0 Å². The quantitative estimate of drug-likeness (QED) is 0.394. The van der Waals surface area contributed by atoms with E-state index in [1.807, 2.05) is 24.3 Å². The summed E-state index contributed by atoms with van der Waals surface area (Å²) in [6.07, 6.45) is 0. The molecule has 0 radical (unpaired) electrons. The predicted octanol–water partition coefficient (Wildman–Crippen LogP) is 5.95. The molecule has 4 nitrogen and oxygen atoms in total. The van der Waals surface area contributed by atoms with Crippen molar-refractivity contribution < 1.29 is 4.79 Å². The average Bonchev–Trinajstić information content (AvgIpc) is 2.61. The van der Waals surface area contributed by atoms with Crippen LogP contribution in [0.2, 0.25) is 0 Å². The van der Waals surface area contributed by atoms with E-state index < -0.39 is 0 Å². The third-order valence-corrected chi connectivity index (χ3v) is 6.02. The number of aryl methyl sites for hydroxylation is 1. The van der Waals surface area contributed by atoms with E-state index in [0.717, 1.165) is 28.0 Å². The number of para-hydroxylation sites is 1. The highest BCUT2D eigenvalue weighted by Crippen LogP contribution is 2.31. The number of carbonyl (C=O) groups excluding carboxylic acids is 1. The van der Waals surface area contributed by atoms with Crippen LogP contribution < -0.4 is 10.6 Å². The van der Waals surface area contributed by atoms with Crippen molar-refractivity contribution in [3.8, 4) is 0 Å². The van der Waals surface area contributed by atoms with Crippen LogP contribution in [0.4, 0.5) is 11.4 Å². The Morgan fingerprint density at radius 1 is 1.14 bits per heavy atom. The number of benzene rings is 2. The molecule has 28 heavy (non-hydrogen) atoms. The van der Waals surface area contributed by atoms with Gasteiger partial charge in [0.15, 0.2) is 0 Å². The van der Waals surface area contributed by atoms with Crippen LogP contribution >= 0.6 is 38.5 Å². The number of nitrogens with one attached hydrogen (secondary N) is 2. The molecular weight excluding hydrogens is 529 g/mol. The van der Waals surface area contributed by atoms with Gasteiger partial charge in [-0.25, -0.2) is 0 Å². The summed E-state index contributed by atoms with van der Waals surface area (Å²) in [6.45, 7) is 12.2. The van der Waals surface area contributed by atoms with E-state index in [1.54, 1.807) is 0 Å². The Labute approximate surface area is 190 Å². The summed E-state index contributed by atoms with van der Waals surface area (Å²) in [7, 11) is 0. The molecule has 1 amide bonds. The fourth-order valence-electron chi connectivity index (χ4n) is 3.25. The van der Waals surface area contributed by atoms with Gasteiger partial charge in [-0.2, -0.15) is 0 Å². The Morgan fingerprint density at radius 3 is 2.43 bits per heavy atom. The number of amides is 1. The highest BCUT2D eigenvalue weighted by Gasteiger charge is 2.17. The van der Waals surface area contributed by atoms with Crippen LogP contribution in [0, 0.1) is 10.5 Å². The zero-order valence-corrected chi connectivity index (χ0v) is 20.9. The first-order valence-electron chi connectivity index (χ1n) is 9.56. The SMILES string of the molecule is Cc1cc(I)ccc1Nc1c(Br)cccc1C(=O)NCCN(C(C)C)C(C)C. The van der Waals surface area contributed by atoms with Crippen LogP contribution in [0.25, 0.3) is 0 Å². The number of rotatable bonds is 8. The van der Waals surface area contributed by atoms with Gasteiger partial charge in [0.05, 0.1) is 11.3 Å². The van der Waals surface area contributed by atoms with Gasteiger partial charge in [0, 0.05) is 38.9 Å². The molecule has 2 aromatic rings. The fourth-order valence-corrected chi connectivity index (χ4v) is 4.36. The Bertz CT molecular complexity index is 815. The van der Waals surface area contributed by atoms with Crippen LogP contribution in [0.15, 0.2) is 40.9 Å². The third-order valence-electron chi connectivity index (χ3n) is 4.69. The largest absolute Gasteiger partial charge is 0.354 e. The molecular formula is C22H29BrIN3O. The monoisotopic (exact) mass is 557 g/mol. The Balaban J connectivity index is 2.15. The zero-order chi connectivity index (χ0) is 20.8. The molecule has 0 fully saturated rings. The van der Waals surface area contributed by atoms with E-state index in [-0.39, 0.29) is 5.91 Å². The van der Waals surface area contributed by atoms with Gasteiger partial charge in [0.2, 0.25) is 0 Å². The summed E-state index contributed by atoms with van der Waals surface area (Å²) >= 11 is 5.89. The molecule has 0 unspecified atom stereocenters. The zero-order valence-electron chi connectivity index (χ0n) is 17.1. The first-order valence-corrected chi connectivity index (χ1v) is 11.4. The molecule has 2 rings (SSSR count). The van der Waals surface area contributed by atoms with E-state index in [9.17, 15) is 4.79 Å². The van der Waals surface area contributed by atoms with Gasteiger partial charge in [0.1, 0.15) is 0 Å². The standard InChI is InChI=1S/C22H29BrIN3O/c1-14(2)27(15(3)4)12-11-25-22(28)18-7-6-8-19(23)21(18)26-20-10-9-17(24)13-16(20)5/h6-10,13-15,26H,11-12H2,1-5H3,(H,25,28). The normalized spacial score (nSPS) is 11.4. The molecule has 6 heteroatoms. The third kappa shape index (κ3) is 6.19. The predicted molar refractivity (Wildman–Crippen MR) is 131 cm³/mol. The van der Waals surface area contributed by atoms with Crippen molar-refractivity contribution in [3.05, 3.63) is 55.6 Å². The van der Waals surface area contributed by atoms with Gasteiger partial charge in [-0.05, 0) is 109 Å². The second-order valence-electron chi connectivity index (χ2n) is 7.43. The van der Waals surface area contributed by atoms with Gasteiger partial charge in [0.25, 0.3) is 5.91 Å². The van der Waals surface area contributed by atoms with Crippen LogP contribution in [-0.2, 0) is 0 Å². The maximum Gasteiger partial charge on any atom is 0.253 e. The minimum absolute atomic E-state index is 0.0700. The number of nitrogens with zero attached hydrogens (tertiary/aromatic N) is 1. The number of carbonyl (C=O) groups is 1. The molecule has 0 atom stereocenters. The van der Waals surface area contributed by atoms with E-state index in [2.05, 4.69) is 101 Å². The van der Waals surface area contributed by atoms with Gasteiger partial charge in [-0.3, -0.25) is 9.69 Å². The van der Waals surface area contributed by atoms with E-state index in [1.165, 1.54) is 3.57 Å². The van der Waals surface area contributed by atoms with Crippen molar-refractivity contribution in [2.75, 3.05) is 18.4 Å². The van der Waals surface area contributed by atoms with Crippen molar-refractivity contribution in [1.29, 1.82) is 0 Å². The van der Waals surface area contributed by atoms with Gasteiger partial charge in [-0.1, -0.05) is 6.07 Å². The lowest BCUT2D eigenvalue weighted by atomic mass is 10.1. The molecule has 0 bridgehead atoms. The van der Waals surface area contributed by atoms with Gasteiger partial charge < -0.3 is 10.6 Å². The van der Waals surface area contributed by atoms with Crippen molar-refractivity contribution in [3.63, 3.8) is 0 Å². The number of hydrogen-bond donors (Lipinski definition) is 2. The molecule has 0 aromatic heterocycles. The fraction of sp³-hybridized carbons (Fsp3) is 0.409. The average molecular weight is 558 g/mol. The molecule has 152 valence electrons.